The normalized spacial score (nSPS) is 19.1. The number of aliphatic carboxylic acids is 1. The van der Waals surface area contributed by atoms with Crippen molar-refractivity contribution in [2.24, 2.45) is 17.8 Å². The van der Waals surface area contributed by atoms with E-state index in [9.17, 15) is 14.3 Å². The SMILES string of the molecule is CC(C)C1Cc2cc(F)ccc2N(CC(CO)CC(=O)O)C1. The topological polar surface area (TPSA) is 60.8 Å². The summed E-state index contributed by atoms with van der Waals surface area (Å²) in [7, 11) is 0. The molecule has 0 bridgehead atoms. The second-order valence-electron chi connectivity index (χ2n) is 6.53. The first-order chi connectivity index (χ1) is 10.4. The first-order valence-corrected chi connectivity index (χ1v) is 7.76. The molecule has 0 radical (unpaired) electrons. The van der Waals surface area contributed by atoms with Crippen molar-refractivity contribution < 1.29 is 19.4 Å². The summed E-state index contributed by atoms with van der Waals surface area (Å²) in [5, 5.41) is 18.4. The van der Waals surface area contributed by atoms with Crippen LogP contribution in [0.2, 0.25) is 0 Å². The van der Waals surface area contributed by atoms with Gasteiger partial charge in [-0.25, -0.2) is 4.39 Å². The van der Waals surface area contributed by atoms with Gasteiger partial charge in [-0.3, -0.25) is 4.79 Å². The molecule has 4 nitrogen and oxygen atoms in total. The first kappa shape index (κ1) is 16.7. The van der Waals surface area contributed by atoms with Crippen molar-refractivity contribution in [1.29, 1.82) is 0 Å². The highest BCUT2D eigenvalue weighted by Crippen LogP contribution is 2.34. The second-order valence-corrected chi connectivity index (χ2v) is 6.53. The van der Waals surface area contributed by atoms with Crippen LogP contribution < -0.4 is 4.90 Å². The van der Waals surface area contributed by atoms with Gasteiger partial charge in [-0.2, -0.15) is 0 Å². The van der Waals surface area contributed by atoms with Crippen molar-refractivity contribution in [3.05, 3.63) is 29.6 Å². The Kier molecular flexibility index (Phi) is 5.40. The average molecular weight is 309 g/mol. The lowest BCUT2D eigenvalue weighted by atomic mass is 9.84. The van der Waals surface area contributed by atoms with Crippen LogP contribution in [0.5, 0.6) is 0 Å². The van der Waals surface area contributed by atoms with E-state index in [1.807, 2.05) is 0 Å². The third kappa shape index (κ3) is 3.97. The van der Waals surface area contributed by atoms with E-state index in [1.54, 1.807) is 12.1 Å². The third-order valence-electron chi connectivity index (χ3n) is 4.46. The van der Waals surface area contributed by atoms with Crippen LogP contribution in [0.3, 0.4) is 0 Å². The fourth-order valence-electron chi connectivity index (χ4n) is 3.12. The van der Waals surface area contributed by atoms with E-state index in [0.29, 0.717) is 18.4 Å². The molecule has 0 spiro atoms. The maximum absolute atomic E-state index is 13.5. The highest BCUT2D eigenvalue weighted by Gasteiger charge is 2.28. The Morgan fingerprint density at radius 3 is 2.77 bits per heavy atom. The van der Waals surface area contributed by atoms with Gasteiger partial charge in [0.1, 0.15) is 5.82 Å². The van der Waals surface area contributed by atoms with Crippen molar-refractivity contribution in [3.8, 4) is 0 Å². The van der Waals surface area contributed by atoms with E-state index in [2.05, 4.69) is 18.7 Å². The molecular weight excluding hydrogens is 285 g/mol. The lowest BCUT2D eigenvalue weighted by Crippen LogP contribution is -2.41. The molecule has 0 saturated carbocycles. The molecule has 2 rings (SSSR count). The average Bonchev–Trinajstić information content (AvgIpc) is 2.45. The standard InChI is InChI=1S/C17H24FNO3/c1-11(2)14-6-13-7-15(18)3-4-16(13)19(9-14)8-12(10-20)5-17(21)22/h3-4,7,11-12,14,20H,5-6,8-10H2,1-2H3,(H,21,22). The number of carbonyl (C=O) groups is 1. The van der Waals surface area contributed by atoms with Gasteiger partial charge in [-0.1, -0.05) is 13.8 Å². The highest BCUT2D eigenvalue weighted by atomic mass is 19.1. The van der Waals surface area contributed by atoms with E-state index >= 15 is 0 Å². The lowest BCUT2D eigenvalue weighted by molar-refractivity contribution is -0.138. The van der Waals surface area contributed by atoms with Crippen molar-refractivity contribution in [2.75, 3.05) is 24.6 Å². The summed E-state index contributed by atoms with van der Waals surface area (Å²) in [6.07, 6.45) is 0.778. The number of nitrogens with zero attached hydrogens (tertiary/aromatic N) is 1. The Bertz CT molecular complexity index is 533. The van der Waals surface area contributed by atoms with Crippen molar-refractivity contribution in [2.45, 2.75) is 26.7 Å². The third-order valence-corrected chi connectivity index (χ3v) is 4.46. The number of benzene rings is 1. The molecule has 2 N–H and O–H groups in total. The zero-order chi connectivity index (χ0) is 16.3. The molecule has 0 saturated heterocycles. The lowest BCUT2D eigenvalue weighted by Gasteiger charge is -2.39. The molecule has 122 valence electrons. The van der Waals surface area contributed by atoms with Crippen LogP contribution in [-0.4, -0.2) is 35.9 Å². The molecule has 1 heterocycles. The number of carboxylic acid groups (broad SMARTS) is 1. The summed E-state index contributed by atoms with van der Waals surface area (Å²) in [4.78, 5) is 13.0. The molecule has 1 aromatic rings. The summed E-state index contributed by atoms with van der Waals surface area (Å²) >= 11 is 0. The second kappa shape index (κ2) is 7.09. The molecule has 2 unspecified atom stereocenters. The number of fused-ring (bicyclic) bond motifs is 1. The first-order valence-electron chi connectivity index (χ1n) is 7.76. The minimum atomic E-state index is -0.907. The van der Waals surface area contributed by atoms with Crippen LogP contribution in [0.25, 0.3) is 0 Å². The summed E-state index contributed by atoms with van der Waals surface area (Å²) in [6.45, 7) is 5.42. The quantitative estimate of drug-likeness (QED) is 0.848. The minimum Gasteiger partial charge on any atom is -0.481 e. The van der Waals surface area contributed by atoms with Crippen LogP contribution >= 0.6 is 0 Å². The Morgan fingerprint density at radius 2 is 2.18 bits per heavy atom. The Labute approximate surface area is 130 Å². The molecule has 0 amide bonds. The van der Waals surface area contributed by atoms with Crippen LogP contribution in [0.1, 0.15) is 25.8 Å². The van der Waals surface area contributed by atoms with Gasteiger partial charge >= 0.3 is 5.97 Å². The van der Waals surface area contributed by atoms with Gasteiger partial charge in [0.25, 0.3) is 0 Å². The molecule has 1 aromatic carbocycles. The number of aliphatic hydroxyl groups excluding tert-OH is 1. The van der Waals surface area contributed by atoms with Gasteiger partial charge in [0.15, 0.2) is 0 Å². The van der Waals surface area contributed by atoms with Crippen molar-refractivity contribution >= 4 is 11.7 Å². The van der Waals surface area contributed by atoms with Crippen molar-refractivity contribution in [1.82, 2.24) is 0 Å². The van der Waals surface area contributed by atoms with Gasteiger partial charge in [0.05, 0.1) is 6.42 Å². The smallest absolute Gasteiger partial charge is 0.303 e. The predicted molar refractivity (Wildman–Crippen MR) is 83.5 cm³/mol. The summed E-state index contributed by atoms with van der Waals surface area (Å²) in [6, 6.07) is 4.77. The minimum absolute atomic E-state index is 0.0596. The summed E-state index contributed by atoms with van der Waals surface area (Å²) < 4.78 is 13.5. The van der Waals surface area contributed by atoms with E-state index in [4.69, 9.17) is 5.11 Å². The van der Waals surface area contributed by atoms with Crippen molar-refractivity contribution in [3.63, 3.8) is 0 Å². The van der Waals surface area contributed by atoms with Gasteiger partial charge in [0, 0.05) is 31.3 Å². The van der Waals surface area contributed by atoms with Crippen LogP contribution in [-0.2, 0) is 11.2 Å². The molecule has 0 fully saturated rings. The number of halogens is 1. The van der Waals surface area contributed by atoms with Crippen LogP contribution in [0.4, 0.5) is 10.1 Å². The van der Waals surface area contributed by atoms with E-state index in [0.717, 1.165) is 24.2 Å². The molecule has 0 aromatic heterocycles. The van der Waals surface area contributed by atoms with E-state index < -0.39 is 5.97 Å². The number of anilines is 1. The van der Waals surface area contributed by atoms with E-state index in [-0.39, 0.29) is 24.8 Å². The number of rotatable bonds is 6. The maximum atomic E-state index is 13.5. The number of hydrogen-bond acceptors (Lipinski definition) is 3. The molecular formula is C17H24FNO3. The van der Waals surface area contributed by atoms with Gasteiger partial charge in [-0.05, 0) is 42.0 Å². The maximum Gasteiger partial charge on any atom is 0.303 e. The highest BCUT2D eigenvalue weighted by molar-refractivity contribution is 5.67. The summed E-state index contributed by atoms with van der Waals surface area (Å²) in [5.74, 6) is -0.603. The molecule has 22 heavy (non-hydrogen) atoms. The van der Waals surface area contributed by atoms with E-state index in [1.165, 1.54) is 6.07 Å². The fraction of sp³-hybridized carbons (Fsp3) is 0.588. The molecule has 5 heteroatoms. The zero-order valence-electron chi connectivity index (χ0n) is 13.1. The Hall–Kier alpha value is -1.62. The Balaban J connectivity index is 2.23. The molecule has 1 aliphatic heterocycles. The van der Waals surface area contributed by atoms with Gasteiger partial charge < -0.3 is 15.1 Å². The Morgan fingerprint density at radius 1 is 1.45 bits per heavy atom. The van der Waals surface area contributed by atoms with Crippen LogP contribution in [0, 0.1) is 23.6 Å². The molecule has 0 aliphatic carbocycles. The number of aliphatic hydroxyl groups is 1. The zero-order valence-corrected chi connectivity index (χ0v) is 13.1. The van der Waals surface area contributed by atoms with Crippen LogP contribution in [0.15, 0.2) is 18.2 Å². The largest absolute Gasteiger partial charge is 0.481 e. The summed E-state index contributed by atoms with van der Waals surface area (Å²) in [5.41, 5.74) is 1.93. The van der Waals surface area contributed by atoms with Gasteiger partial charge in [-0.15, -0.1) is 0 Å². The number of carboxylic acids is 1. The molecule has 2 atom stereocenters. The number of hydrogen-bond donors (Lipinski definition) is 2. The fourth-order valence-corrected chi connectivity index (χ4v) is 3.12. The monoisotopic (exact) mass is 309 g/mol. The molecule has 1 aliphatic rings. The van der Waals surface area contributed by atoms with Gasteiger partial charge in [0.2, 0.25) is 0 Å². The predicted octanol–water partition coefficient (Wildman–Crippen LogP) is 2.54.